The lowest BCUT2D eigenvalue weighted by molar-refractivity contribution is -0.118. The summed E-state index contributed by atoms with van der Waals surface area (Å²) in [5, 5.41) is 1.19. The summed E-state index contributed by atoms with van der Waals surface area (Å²) in [5.74, 6) is 0.281. The Morgan fingerprint density at radius 1 is 1.09 bits per heavy atom. The quantitative estimate of drug-likeness (QED) is 0.264. The molecule has 1 aromatic heterocycles. The smallest absolute Gasteiger partial charge is 0.229 e. The lowest BCUT2D eigenvalue weighted by Gasteiger charge is -2.20. The molecule has 0 bridgehead atoms. The number of carbonyl (C=O) groups is 1. The Bertz CT molecular complexity index is 1440. The third kappa shape index (κ3) is 6.01. The highest BCUT2D eigenvalue weighted by Crippen LogP contribution is 2.34. The van der Waals surface area contributed by atoms with Crippen LogP contribution in [-0.2, 0) is 21.2 Å². The van der Waals surface area contributed by atoms with Gasteiger partial charge in [0, 0.05) is 11.4 Å². The highest BCUT2D eigenvalue weighted by molar-refractivity contribution is 7.91. The van der Waals surface area contributed by atoms with Crippen LogP contribution in [0.5, 0.6) is 5.75 Å². The van der Waals surface area contributed by atoms with Gasteiger partial charge in [-0.15, -0.1) is 0 Å². The predicted molar refractivity (Wildman–Crippen MR) is 141 cm³/mol. The molecule has 0 saturated heterocycles. The SMILES string of the molecule is COc1ccc(S(=O)(=O)CCCC(=O)N(Cc2ccccc2)c2nc3c(C)cc(Cl)cc3s2)cc1. The molecule has 4 aromatic rings. The number of fused-ring (bicyclic) bond motifs is 1. The van der Waals surface area contributed by atoms with Crippen molar-refractivity contribution in [3.63, 3.8) is 0 Å². The minimum Gasteiger partial charge on any atom is -0.497 e. The van der Waals surface area contributed by atoms with Crippen molar-refractivity contribution in [2.45, 2.75) is 31.2 Å². The largest absolute Gasteiger partial charge is 0.497 e. The van der Waals surface area contributed by atoms with Crippen LogP contribution < -0.4 is 9.64 Å². The number of aryl methyl sites for hydroxylation is 1. The summed E-state index contributed by atoms with van der Waals surface area (Å²) in [7, 11) is -1.99. The van der Waals surface area contributed by atoms with Gasteiger partial charge in [-0.1, -0.05) is 53.3 Å². The Morgan fingerprint density at radius 2 is 1.80 bits per heavy atom. The molecule has 0 N–H and O–H groups in total. The van der Waals surface area contributed by atoms with Gasteiger partial charge in [0.2, 0.25) is 5.91 Å². The van der Waals surface area contributed by atoms with Gasteiger partial charge in [0.05, 0.1) is 34.5 Å². The summed E-state index contributed by atoms with van der Waals surface area (Å²) in [6.45, 7) is 2.28. The number of hydrogen-bond donors (Lipinski definition) is 0. The van der Waals surface area contributed by atoms with E-state index in [2.05, 4.69) is 0 Å². The van der Waals surface area contributed by atoms with E-state index < -0.39 is 9.84 Å². The Balaban J connectivity index is 1.53. The normalized spacial score (nSPS) is 11.5. The number of ether oxygens (including phenoxy) is 1. The van der Waals surface area contributed by atoms with Crippen LogP contribution in [0.15, 0.2) is 71.6 Å². The van der Waals surface area contributed by atoms with Crippen LogP contribution >= 0.6 is 22.9 Å². The zero-order valence-corrected chi connectivity index (χ0v) is 21.8. The number of methoxy groups -OCH3 is 1. The van der Waals surface area contributed by atoms with Gasteiger partial charge < -0.3 is 4.74 Å². The molecule has 0 radical (unpaired) electrons. The number of halogens is 1. The second-order valence-corrected chi connectivity index (χ2v) is 11.7. The molecule has 1 amide bonds. The van der Waals surface area contributed by atoms with Crippen molar-refractivity contribution >= 4 is 54.0 Å². The lowest BCUT2D eigenvalue weighted by atomic mass is 10.2. The average molecular weight is 529 g/mol. The van der Waals surface area contributed by atoms with Crippen molar-refractivity contribution < 1.29 is 17.9 Å². The van der Waals surface area contributed by atoms with Crippen LogP contribution in [0.4, 0.5) is 5.13 Å². The van der Waals surface area contributed by atoms with Gasteiger partial charge in [-0.25, -0.2) is 13.4 Å². The lowest BCUT2D eigenvalue weighted by Crippen LogP contribution is -2.30. The van der Waals surface area contributed by atoms with Crippen molar-refractivity contribution in [3.8, 4) is 5.75 Å². The predicted octanol–water partition coefficient (Wildman–Crippen LogP) is 6.05. The number of benzene rings is 3. The molecule has 1 heterocycles. The first-order valence-electron chi connectivity index (χ1n) is 11.0. The minimum absolute atomic E-state index is 0.0812. The number of anilines is 1. The van der Waals surface area contributed by atoms with E-state index in [1.165, 1.54) is 30.6 Å². The Hall–Kier alpha value is -2.94. The number of sulfone groups is 1. The van der Waals surface area contributed by atoms with Gasteiger partial charge in [-0.2, -0.15) is 0 Å². The van der Waals surface area contributed by atoms with Gasteiger partial charge in [0.25, 0.3) is 0 Å². The van der Waals surface area contributed by atoms with Crippen LogP contribution in [0, 0.1) is 6.92 Å². The van der Waals surface area contributed by atoms with Crippen molar-refractivity contribution in [2.75, 3.05) is 17.8 Å². The van der Waals surface area contributed by atoms with Crippen LogP contribution in [0.3, 0.4) is 0 Å². The fourth-order valence-corrected chi connectivity index (χ4v) is 6.48. The highest BCUT2D eigenvalue weighted by atomic mass is 35.5. The van der Waals surface area contributed by atoms with Gasteiger partial charge in [-0.3, -0.25) is 9.69 Å². The maximum Gasteiger partial charge on any atom is 0.229 e. The van der Waals surface area contributed by atoms with Crippen molar-refractivity contribution in [3.05, 3.63) is 82.9 Å². The first-order valence-corrected chi connectivity index (χ1v) is 13.9. The topological polar surface area (TPSA) is 76.6 Å². The molecule has 0 aliphatic rings. The molecule has 3 aromatic carbocycles. The summed E-state index contributed by atoms with van der Waals surface area (Å²) < 4.78 is 31.5. The van der Waals surface area contributed by atoms with E-state index in [-0.39, 0.29) is 29.4 Å². The number of hydrogen-bond acceptors (Lipinski definition) is 6. The van der Waals surface area contributed by atoms with E-state index in [9.17, 15) is 13.2 Å². The molecule has 9 heteroatoms. The first kappa shape index (κ1) is 25.2. The molecule has 0 fully saturated rings. The first-order chi connectivity index (χ1) is 16.8. The fourth-order valence-electron chi connectivity index (χ4n) is 3.74. The van der Waals surface area contributed by atoms with Gasteiger partial charge in [-0.05, 0) is 60.9 Å². The Morgan fingerprint density at radius 3 is 2.49 bits per heavy atom. The average Bonchev–Trinajstić information content (AvgIpc) is 3.27. The number of rotatable bonds is 9. The van der Waals surface area contributed by atoms with E-state index in [0.717, 1.165) is 21.3 Å². The van der Waals surface area contributed by atoms with Crippen LogP contribution in [0.25, 0.3) is 10.2 Å². The van der Waals surface area contributed by atoms with E-state index in [0.29, 0.717) is 22.4 Å². The van der Waals surface area contributed by atoms with E-state index >= 15 is 0 Å². The number of thiazole rings is 1. The van der Waals surface area contributed by atoms with Crippen LogP contribution in [0.2, 0.25) is 5.02 Å². The van der Waals surface area contributed by atoms with Crippen molar-refractivity contribution in [2.24, 2.45) is 0 Å². The summed E-state index contributed by atoms with van der Waals surface area (Å²) in [4.78, 5) is 19.9. The molecular formula is C26H25ClN2O4S2. The number of aromatic nitrogens is 1. The van der Waals surface area contributed by atoms with E-state index in [4.69, 9.17) is 21.3 Å². The molecule has 4 rings (SSSR count). The van der Waals surface area contributed by atoms with Gasteiger partial charge >= 0.3 is 0 Å². The van der Waals surface area contributed by atoms with E-state index in [1.54, 1.807) is 17.0 Å². The minimum atomic E-state index is -3.52. The standard InChI is InChI=1S/C26H25ClN2O4S2/c1-18-15-20(27)16-23-25(18)28-26(34-23)29(17-19-7-4-3-5-8-19)24(30)9-6-14-35(31,32)22-12-10-21(33-2)11-13-22/h3-5,7-8,10-13,15-16H,6,9,14,17H2,1-2H3. The molecule has 0 spiro atoms. The fraction of sp³-hybridized carbons (Fsp3) is 0.231. The zero-order valence-electron chi connectivity index (χ0n) is 19.4. The summed E-state index contributed by atoms with van der Waals surface area (Å²) in [5.41, 5.74) is 2.70. The molecule has 182 valence electrons. The van der Waals surface area contributed by atoms with Gasteiger partial charge in [0.15, 0.2) is 15.0 Å². The number of carbonyl (C=O) groups excluding carboxylic acids is 1. The van der Waals surface area contributed by atoms with Crippen LogP contribution in [0.1, 0.15) is 24.0 Å². The molecule has 0 unspecified atom stereocenters. The van der Waals surface area contributed by atoms with Crippen molar-refractivity contribution in [1.82, 2.24) is 4.98 Å². The molecular weight excluding hydrogens is 504 g/mol. The third-order valence-corrected chi connectivity index (χ3v) is 8.64. The maximum atomic E-state index is 13.3. The summed E-state index contributed by atoms with van der Waals surface area (Å²) in [6.07, 6.45) is 0.284. The molecule has 6 nitrogen and oxygen atoms in total. The molecule has 0 aliphatic heterocycles. The number of nitrogens with zero attached hydrogens (tertiary/aromatic N) is 2. The van der Waals surface area contributed by atoms with E-state index in [1.807, 2.05) is 49.4 Å². The maximum absolute atomic E-state index is 13.3. The monoisotopic (exact) mass is 528 g/mol. The van der Waals surface area contributed by atoms with Gasteiger partial charge in [0.1, 0.15) is 5.75 Å². The molecule has 0 aliphatic carbocycles. The molecule has 35 heavy (non-hydrogen) atoms. The zero-order chi connectivity index (χ0) is 25.0. The molecule has 0 saturated carbocycles. The molecule has 0 atom stereocenters. The summed E-state index contributed by atoms with van der Waals surface area (Å²) >= 11 is 7.62. The Labute approximate surface area is 214 Å². The Kier molecular flexibility index (Phi) is 7.74. The third-order valence-electron chi connectivity index (χ3n) is 5.58. The van der Waals surface area contributed by atoms with Crippen LogP contribution in [-0.4, -0.2) is 32.2 Å². The van der Waals surface area contributed by atoms with Crippen molar-refractivity contribution in [1.29, 1.82) is 0 Å². The summed E-state index contributed by atoms with van der Waals surface area (Å²) in [6, 6.07) is 19.6. The number of amides is 1. The second kappa shape index (κ2) is 10.8. The second-order valence-electron chi connectivity index (χ2n) is 8.13. The highest BCUT2D eigenvalue weighted by Gasteiger charge is 2.22.